The summed E-state index contributed by atoms with van der Waals surface area (Å²) in [6, 6.07) is 0. The third-order valence-corrected chi connectivity index (χ3v) is 5.50. The molecule has 1 aliphatic heterocycles. The summed E-state index contributed by atoms with van der Waals surface area (Å²) in [7, 11) is 0. The van der Waals surface area contributed by atoms with Gasteiger partial charge in [0.15, 0.2) is 6.10 Å². The average Bonchev–Trinajstić information content (AvgIpc) is 2.77. The molecule has 1 fully saturated rings. The van der Waals surface area contributed by atoms with Gasteiger partial charge >= 0.3 is 11.9 Å². The molecule has 1 unspecified atom stereocenters. The fraction of sp³-hybridized carbons (Fsp3) is 0.750. The van der Waals surface area contributed by atoms with Crippen LogP contribution in [0.25, 0.3) is 0 Å². The van der Waals surface area contributed by atoms with Crippen molar-refractivity contribution in [2.75, 3.05) is 0 Å². The SMILES string of the molecule is CCCCC[C@H](O)/C=C/C=C\CCCCCCCC(=O)OC1O[C@H](C(=O)O)[C@@H](O)[C@H](O)[C@H]1O. The summed E-state index contributed by atoms with van der Waals surface area (Å²) in [5, 5.41) is 48.0. The zero-order chi connectivity index (χ0) is 24.6. The van der Waals surface area contributed by atoms with Gasteiger partial charge in [0.25, 0.3) is 0 Å². The first-order valence-corrected chi connectivity index (χ1v) is 11.9. The highest BCUT2D eigenvalue weighted by Gasteiger charge is 2.48. The van der Waals surface area contributed by atoms with E-state index < -0.39 is 42.6 Å². The monoisotopic (exact) mass is 472 g/mol. The predicted octanol–water partition coefficient (Wildman–Crippen LogP) is 2.21. The van der Waals surface area contributed by atoms with Crippen LogP contribution in [-0.2, 0) is 19.1 Å². The first-order valence-electron chi connectivity index (χ1n) is 11.9. The molecular formula is C24H40O9. The Morgan fingerprint density at radius 3 is 2.33 bits per heavy atom. The Balaban J connectivity index is 2.11. The molecule has 9 heteroatoms. The highest BCUT2D eigenvalue weighted by molar-refractivity contribution is 5.73. The van der Waals surface area contributed by atoms with Crippen molar-refractivity contribution in [3.8, 4) is 0 Å². The van der Waals surface area contributed by atoms with Gasteiger partial charge < -0.3 is 35.0 Å². The fourth-order valence-electron chi connectivity index (χ4n) is 3.47. The number of carbonyl (C=O) groups is 2. The Labute approximate surface area is 195 Å². The van der Waals surface area contributed by atoms with Gasteiger partial charge in [-0.2, -0.15) is 0 Å². The van der Waals surface area contributed by atoms with E-state index >= 15 is 0 Å². The first kappa shape index (κ1) is 29.3. The highest BCUT2D eigenvalue weighted by atomic mass is 16.7. The molecule has 0 spiro atoms. The molecule has 0 amide bonds. The third kappa shape index (κ3) is 11.8. The van der Waals surface area contributed by atoms with Gasteiger partial charge in [0.2, 0.25) is 6.29 Å². The molecule has 0 aromatic heterocycles. The largest absolute Gasteiger partial charge is 0.479 e. The summed E-state index contributed by atoms with van der Waals surface area (Å²) in [5.74, 6) is -2.20. The number of aliphatic carboxylic acids is 1. The van der Waals surface area contributed by atoms with Crippen LogP contribution in [0.3, 0.4) is 0 Å². The van der Waals surface area contributed by atoms with Crippen LogP contribution in [0.1, 0.15) is 77.6 Å². The minimum atomic E-state index is -1.82. The lowest BCUT2D eigenvalue weighted by atomic mass is 9.99. The number of aliphatic hydroxyl groups excluding tert-OH is 4. The van der Waals surface area contributed by atoms with Gasteiger partial charge in [0, 0.05) is 6.42 Å². The van der Waals surface area contributed by atoms with E-state index in [1.165, 1.54) is 0 Å². The number of allylic oxidation sites excluding steroid dienone is 3. The number of carbonyl (C=O) groups excluding carboxylic acids is 1. The van der Waals surface area contributed by atoms with Gasteiger partial charge in [-0.1, -0.05) is 69.8 Å². The van der Waals surface area contributed by atoms with Crippen molar-refractivity contribution in [3.05, 3.63) is 24.3 Å². The number of rotatable bonds is 16. The summed E-state index contributed by atoms with van der Waals surface area (Å²) >= 11 is 0. The number of ether oxygens (including phenoxy) is 2. The van der Waals surface area contributed by atoms with Gasteiger partial charge in [-0.25, -0.2) is 4.79 Å². The maximum Gasteiger partial charge on any atom is 0.335 e. The van der Waals surface area contributed by atoms with Crippen LogP contribution in [0.15, 0.2) is 24.3 Å². The van der Waals surface area contributed by atoms with Crippen molar-refractivity contribution >= 4 is 11.9 Å². The number of hydrogen-bond acceptors (Lipinski definition) is 8. The van der Waals surface area contributed by atoms with E-state index in [1.807, 2.05) is 18.2 Å². The highest BCUT2D eigenvalue weighted by Crippen LogP contribution is 2.23. The minimum absolute atomic E-state index is 0.0776. The van der Waals surface area contributed by atoms with Crippen LogP contribution in [-0.4, -0.2) is 74.3 Å². The number of esters is 1. The molecule has 0 aliphatic carbocycles. The van der Waals surface area contributed by atoms with Gasteiger partial charge in [-0.15, -0.1) is 0 Å². The molecule has 0 saturated carbocycles. The number of unbranched alkanes of at least 4 members (excludes halogenated alkanes) is 7. The molecule has 1 aliphatic rings. The van der Waals surface area contributed by atoms with Crippen molar-refractivity contribution in [1.29, 1.82) is 0 Å². The summed E-state index contributed by atoms with van der Waals surface area (Å²) in [6.07, 6.45) is 8.07. The molecule has 1 heterocycles. The Kier molecular flexibility index (Phi) is 14.9. The minimum Gasteiger partial charge on any atom is -0.479 e. The summed E-state index contributed by atoms with van der Waals surface area (Å²) in [4.78, 5) is 23.0. The van der Waals surface area contributed by atoms with Crippen molar-refractivity contribution in [2.24, 2.45) is 0 Å². The molecule has 6 atom stereocenters. The van der Waals surface area contributed by atoms with Crippen LogP contribution in [0.4, 0.5) is 0 Å². The standard InChI is InChI=1S/C24H40O9/c1-2-3-11-14-17(25)15-12-9-7-5-4-6-8-10-13-16-18(26)32-24-21(29)19(27)20(28)22(33-24)23(30)31/h7,9,12,15,17,19-22,24-25,27-29H,2-6,8,10-11,13-14,16H2,1H3,(H,30,31)/b9-7-,15-12+/t17-,19-,20-,21+,22-,24?/m0/s1. The van der Waals surface area contributed by atoms with Crippen LogP contribution < -0.4 is 0 Å². The Morgan fingerprint density at radius 2 is 1.64 bits per heavy atom. The molecule has 0 bridgehead atoms. The van der Waals surface area contributed by atoms with Crippen molar-refractivity contribution in [2.45, 2.75) is 114 Å². The Hall–Kier alpha value is -1.78. The number of carboxylic acid groups (broad SMARTS) is 1. The van der Waals surface area contributed by atoms with E-state index in [4.69, 9.17) is 14.6 Å². The average molecular weight is 473 g/mol. The second kappa shape index (κ2) is 16.8. The smallest absolute Gasteiger partial charge is 0.335 e. The second-order valence-electron chi connectivity index (χ2n) is 8.41. The molecule has 0 aromatic rings. The normalized spacial score (nSPS) is 26.6. The maximum absolute atomic E-state index is 11.9. The first-order chi connectivity index (χ1) is 15.8. The lowest BCUT2D eigenvalue weighted by molar-refractivity contribution is -0.286. The number of aliphatic hydroxyl groups is 4. The summed E-state index contributed by atoms with van der Waals surface area (Å²) < 4.78 is 9.87. The van der Waals surface area contributed by atoms with Crippen LogP contribution >= 0.6 is 0 Å². The van der Waals surface area contributed by atoms with Gasteiger partial charge in [0.05, 0.1) is 6.10 Å². The number of carboxylic acids is 1. The Bertz CT molecular complexity index is 619. The molecule has 33 heavy (non-hydrogen) atoms. The van der Waals surface area contributed by atoms with Gasteiger partial charge in [-0.3, -0.25) is 4.79 Å². The van der Waals surface area contributed by atoms with Crippen LogP contribution in [0.5, 0.6) is 0 Å². The summed E-state index contributed by atoms with van der Waals surface area (Å²) in [6.45, 7) is 2.14. The van der Waals surface area contributed by atoms with E-state index in [9.17, 15) is 30.0 Å². The molecule has 1 saturated heterocycles. The zero-order valence-corrected chi connectivity index (χ0v) is 19.4. The molecular weight excluding hydrogens is 432 g/mol. The molecule has 0 aromatic carbocycles. The van der Waals surface area contributed by atoms with E-state index in [2.05, 4.69) is 13.0 Å². The topological polar surface area (TPSA) is 154 Å². The fourth-order valence-corrected chi connectivity index (χ4v) is 3.47. The van der Waals surface area contributed by atoms with Crippen molar-refractivity contribution in [1.82, 2.24) is 0 Å². The van der Waals surface area contributed by atoms with E-state index in [0.29, 0.717) is 6.42 Å². The van der Waals surface area contributed by atoms with E-state index in [1.54, 1.807) is 0 Å². The zero-order valence-electron chi connectivity index (χ0n) is 19.4. The molecule has 5 N–H and O–H groups in total. The van der Waals surface area contributed by atoms with Gasteiger partial charge in [0.1, 0.15) is 18.3 Å². The van der Waals surface area contributed by atoms with Crippen LogP contribution in [0, 0.1) is 0 Å². The van der Waals surface area contributed by atoms with Gasteiger partial charge in [-0.05, 0) is 25.7 Å². The van der Waals surface area contributed by atoms with Crippen LogP contribution in [0.2, 0.25) is 0 Å². The third-order valence-electron chi connectivity index (χ3n) is 5.50. The lowest BCUT2D eigenvalue weighted by Crippen LogP contribution is -2.60. The Morgan fingerprint density at radius 1 is 0.939 bits per heavy atom. The second-order valence-corrected chi connectivity index (χ2v) is 8.41. The maximum atomic E-state index is 11.9. The van der Waals surface area contributed by atoms with E-state index in [-0.39, 0.29) is 12.5 Å². The molecule has 9 nitrogen and oxygen atoms in total. The molecule has 1 rings (SSSR count). The van der Waals surface area contributed by atoms with Crippen molar-refractivity contribution in [3.63, 3.8) is 0 Å². The predicted molar refractivity (Wildman–Crippen MR) is 121 cm³/mol. The summed E-state index contributed by atoms with van der Waals surface area (Å²) in [5.41, 5.74) is 0. The van der Waals surface area contributed by atoms with E-state index in [0.717, 1.165) is 57.8 Å². The lowest BCUT2D eigenvalue weighted by Gasteiger charge is -2.37. The number of hydrogen-bond donors (Lipinski definition) is 5. The molecule has 0 radical (unpaired) electrons. The van der Waals surface area contributed by atoms with Crippen molar-refractivity contribution < 1.29 is 44.6 Å². The quantitative estimate of drug-likeness (QED) is 0.129. The molecule has 190 valence electrons.